The number of piperazine rings is 1. The van der Waals surface area contributed by atoms with Crippen LogP contribution in [0, 0.1) is 0 Å². The van der Waals surface area contributed by atoms with E-state index in [1.54, 1.807) is 0 Å². The number of rotatable bonds is 6. The van der Waals surface area contributed by atoms with E-state index in [0.29, 0.717) is 37.8 Å². The molecule has 3 aliphatic heterocycles. The molecule has 38 heavy (non-hydrogen) atoms. The Morgan fingerprint density at radius 3 is 2.68 bits per heavy atom. The van der Waals surface area contributed by atoms with Crippen molar-refractivity contribution in [1.82, 2.24) is 19.8 Å². The van der Waals surface area contributed by atoms with Gasteiger partial charge in [0.2, 0.25) is 5.91 Å². The summed E-state index contributed by atoms with van der Waals surface area (Å²) in [5.41, 5.74) is 5.25. The van der Waals surface area contributed by atoms with Gasteiger partial charge in [-0.15, -0.1) is 0 Å². The molecule has 0 unspecified atom stereocenters. The molecule has 0 radical (unpaired) electrons. The predicted molar refractivity (Wildman–Crippen MR) is 150 cm³/mol. The summed E-state index contributed by atoms with van der Waals surface area (Å²) in [4.78, 5) is 31.4. The number of nitrogens with zero attached hydrogens (tertiary/aromatic N) is 6. The minimum Gasteiger partial charge on any atom is -0.462 e. The van der Waals surface area contributed by atoms with E-state index in [4.69, 9.17) is 14.7 Å². The van der Waals surface area contributed by atoms with Gasteiger partial charge in [-0.2, -0.15) is 9.97 Å². The van der Waals surface area contributed by atoms with Gasteiger partial charge in [0.25, 0.3) is 0 Å². The van der Waals surface area contributed by atoms with Crippen molar-refractivity contribution in [3.63, 3.8) is 0 Å². The van der Waals surface area contributed by atoms with Crippen LogP contribution in [0.2, 0.25) is 0 Å². The Hall–Kier alpha value is -3.13. The molecule has 1 aromatic carbocycles. The topological polar surface area (TPSA) is 65.0 Å². The zero-order valence-electron chi connectivity index (χ0n) is 22.6. The van der Waals surface area contributed by atoms with Crippen LogP contribution in [0.15, 0.2) is 36.9 Å². The lowest BCUT2D eigenvalue weighted by atomic mass is 9.88. The smallest absolute Gasteiger partial charge is 0.318 e. The summed E-state index contributed by atoms with van der Waals surface area (Å²) in [5.74, 6) is 1.01. The number of carbonyl (C=O) groups excluding carboxylic acids is 1. The predicted octanol–water partition coefficient (Wildman–Crippen LogP) is 3.09. The van der Waals surface area contributed by atoms with Crippen LogP contribution in [-0.2, 0) is 24.1 Å². The second-order valence-corrected chi connectivity index (χ2v) is 11.2. The van der Waals surface area contributed by atoms with Crippen molar-refractivity contribution < 1.29 is 9.53 Å². The van der Waals surface area contributed by atoms with Crippen LogP contribution in [0.4, 0.5) is 11.5 Å². The molecule has 4 heterocycles. The Morgan fingerprint density at radius 2 is 1.89 bits per heavy atom. The number of aromatic nitrogens is 2. The van der Waals surface area contributed by atoms with Gasteiger partial charge in [0.1, 0.15) is 12.4 Å². The van der Waals surface area contributed by atoms with E-state index in [0.717, 1.165) is 69.8 Å². The van der Waals surface area contributed by atoms with E-state index < -0.39 is 0 Å². The molecule has 2 fully saturated rings. The molecule has 0 bridgehead atoms. The van der Waals surface area contributed by atoms with E-state index in [2.05, 4.69) is 52.6 Å². The molecule has 1 aromatic heterocycles. The number of carbonyl (C=O) groups is 1. The van der Waals surface area contributed by atoms with Crippen molar-refractivity contribution in [1.29, 1.82) is 0 Å². The second kappa shape index (κ2) is 10.9. The summed E-state index contributed by atoms with van der Waals surface area (Å²) >= 11 is 0. The van der Waals surface area contributed by atoms with Crippen LogP contribution < -0.4 is 14.5 Å². The molecule has 8 nitrogen and oxygen atoms in total. The van der Waals surface area contributed by atoms with Gasteiger partial charge in [-0.1, -0.05) is 24.8 Å². The molecule has 0 saturated carbocycles. The van der Waals surface area contributed by atoms with Gasteiger partial charge in [-0.25, -0.2) is 0 Å². The van der Waals surface area contributed by atoms with Crippen molar-refractivity contribution in [3.8, 4) is 6.01 Å². The first-order chi connectivity index (χ1) is 18.6. The van der Waals surface area contributed by atoms with Gasteiger partial charge in [-0.3, -0.25) is 4.79 Å². The number of likely N-dealkylation sites (N-methyl/N-ethyl adjacent to an activating group) is 1. The molecule has 2 atom stereocenters. The molecular weight excluding hydrogens is 476 g/mol. The van der Waals surface area contributed by atoms with E-state index in [1.807, 2.05) is 4.90 Å². The quantitative estimate of drug-likeness (QED) is 0.547. The Labute approximate surface area is 226 Å². The maximum Gasteiger partial charge on any atom is 0.318 e. The van der Waals surface area contributed by atoms with Crippen LogP contribution in [-0.4, -0.2) is 90.7 Å². The largest absolute Gasteiger partial charge is 0.462 e. The molecule has 6 rings (SSSR count). The van der Waals surface area contributed by atoms with Crippen molar-refractivity contribution in [2.45, 2.75) is 57.0 Å². The van der Waals surface area contributed by atoms with Crippen molar-refractivity contribution in [3.05, 3.63) is 53.7 Å². The Morgan fingerprint density at radius 1 is 1.05 bits per heavy atom. The first kappa shape index (κ1) is 25.2. The number of aryl methyl sites for hydroxylation is 1. The standard InChI is InChI=1S/C30H40N6O2/c1-3-28(37)34-16-18-35(19-17-34)29-25-13-12-23(36-15-6-9-22-8-4-5-11-27(22)36)20-26(25)31-30(32-29)38-21-24-10-7-14-33(24)2/h3-5,8,11,23-24H,1,6-7,9-10,12-21H2,2H3/t23-,24-/m0/s1. The van der Waals surface area contributed by atoms with E-state index >= 15 is 0 Å². The third-order valence-electron chi connectivity index (χ3n) is 8.94. The fraction of sp³-hybridized carbons (Fsp3) is 0.567. The summed E-state index contributed by atoms with van der Waals surface area (Å²) < 4.78 is 6.29. The first-order valence-electron chi connectivity index (χ1n) is 14.3. The Kier molecular flexibility index (Phi) is 7.24. The van der Waals surface area contributed by atoms with Gasteiger partial charge in [0.15, 0.2) is 0 Å². The van der Waals surface area contributed by atoms with Crippen molar-refractivity contribution in [2.75, 3.05) is 62.7 Å². The Bertz CT molecular complexity index is 1180. The molecule has 2 aromatic rings. The van der Waals surface area contributed by atoms with E-state index in [9.17, 15) is 4.79 Å². The maximum absolute atomic E-state index is 12.1. The first-order valence-corrected chi connectivity index (χ1v) is 14.3. The summed E-state index contributed by atoms with van der Waals surface area (Å²) in [7, 11) is 2.17. The van der Waals surface area contributed by atoms with Crippen LogP contribution >= 0.6 is 0 Å². The number of fused-ring (bicyclic) bond motifs is 2. The fourth-order valence-electron chi connectivity index (χ4n) is 6.72. The summed E-state index contributed by atoms with van der Waals surface area (Å²) in [6, 6.07) is 10.2. The van der Waals surface area contributed by atoms with Crippen LogP contribution in [0.1, 0.15) is 42.5 Å². The van der Waals surface area contributed by atoms with Gasteiger partial charge in [-0.05, 0) is 69.8 Å². The number of ether oxygens (including phenoxy) is 1. The summed E-state index contributed by atoms with van der Waals surface area (Å²) in [6.07, 6.45) is 9.12. The number of likely N-dealkylation sites (tertiary alicyclic amines) is 1. The number of benzene rings is 1. The highest BCUT2D eigenvalue weighted by molar-refractivity contribution is 5.87. The number of para-hydroxylation sites is 1. The number of anilines is 2. The number of hydrogen-bond acceptors (Lipinski definition) is 7. The number of amides is 1. The van der Waals surface area contributed by atoms with Crippen LogP contribution in [0.5, 0.6) is 6.01 Å². The van der Waals surface area contributed by atoms with Crippen molar-refractivity contribution in [2.24, 2.45) is 0 Å². The lowest BCUT2D eigenvalue weighted by molar-refractivity contribution is -0.126. The van der Waals surface area contributed by atoms with Crippen LogP contribution in [0.3, 0.4) is 0 Å². The molecule has 2 saturated heterocycles. The zero-order valence-corrected chi connectivity index (χ0v) is 22.6. The molecule has 4 aliphatic rings. The third-order valence-corrected chi connectivity index (χ3v) is 8.94. The lowest BCUT2D eigenvalue weighted by Gasteiger charge is -2.41. The van der Waals surface area contributed by atoms with Gasteiger partial charge >= 0.3 is 6.01 Å². The Balaban J connectivity index is 1.26. The van der Waals surface area contributed by atoms with E-state index in [1.165, 1.54) is 35.7 Å². The van der Waals surface area contributed by atoms with Gasteiger partial charge < -0.3 is 24.3 Å². The lowest BCUT2D eigenvalue weighted by Crippen LogP contribution is -2.49. The molecule has 1 amide bonds. The highest BCUT2D eigenvalue weighted by Crippen LogP contribution is 2.36. The highest BCUT2D eigenvalue weighted by atomic mass is 16.5. The second-order valence-electron chi connectivity index (χ2n) is 11.2. The summed E-state index contributed by atoms with van der Waals surface area (Å²) in [6.45, 7) is 9.38. The minimum atomic E-state index is 0.00345. The molecule has 8 heteroatoms. The molecule has 0 N–H and O–H groups in total. The molecule has 0 spiro atoms. The SMILES string of the molecule is C=CC(=O)N1CCN(c2nc(OC[C@@H]3CCCN3C)nc3c2CC[C@H](N2CCCc4ccccc42)C3)CC1. The minimum absolute atomic E-state index is 0.00345. The average molecular weight is 517 g/mol. The van der Waals surface area contributed by atoms with Crippen molar-refractivity contribution >= 4 is 17.4 Å². The molecular formula is C30H40N6O2. The van der Waals surface area contributed by atoms with Gasteiger partial charge in [0.05, 0.1) is 5.69 Å². The molecule has 1 aliphatic carbocycles. The monoisotopic (exact) mass is 516 g/mol. The maximum atomic E-state index is 12.1. The third kappa shape index (κ3) is 4.98. The average Bonchev–Trinajstić information content (AvgIpc) is 3.39. The van der Waals surface area contributed by atoms with Crippen LogP contribution in [0.25, 0.3) is 0 Å². The highest BCUT2D eigenvalue weighted by Gasteiger charge is 2.33. The normalized spacial score (nSPS) is 23.7. The molecule has 202 valence electrons. The fourth-order valence-corrected chi connectivity index (χ4v) is 6.72. The number of hydrogen-bond donors (Lipinski definition) is 0. The van der Waals surface area contributed by atoms with Gasteiger partial charge in [0, 0.05) is 62.5 Å². The zero-order chi connectivity index (χ0) is 26.1. The van der Waals surface area contributed by atoms with E-state index in [-0.39, 0.29) is 5.91 Å². The summed E-state index contributed by atoms with van der Waals surface area (Å²) in [5, 5.41) is 0.